The van der Waals surface area contributed by atoms with Crippen LogP contribution in [0.2, 0.25) is 0 Å². The number of fused-ring (bicyclic) bond motifs is 2. The fourth-order valence-corrected chi connectivity index (χ4v) is 5.79. The van der Waals surface area contributed by atoms with Gasteiger partial charge in [-0.3, -0.25) is 23.6 Å². The molecule has 40 heavy (non-hydrogen) atoms. The number of allylic oxidation sites excluding steroid dienone is 2. The zero-order chi connectivity index (χ0) is 28.8. The predicted molar refractivity (Wildman–Crippen MR) is 157 cm³/mol. The number of nitrogens with zero attached hydrogens (tertiary/aromatic N) is 6. The average molecular weight is 567 g/mol. The van der Waals surface area contributed by atoms with Crippen molar-refractivity contribution in [3.8, 4) is 0 Å². The minimum atomic E-state index is -3.52. The summed E-state index contributed by atoms with van der Waals surface area (Å²) >= 11 is 0. The molecule has 1 aromatic carbocycles. The maximum Gasteiger partial charge on any atom is 0.332 e. The van der Waals surface area contributed by atoms with Crippen LogP contribution < -0.4 is 26.6 Å². The number of anilines is 2. The minimum Gasteiger partial charge on any atom is -0.341 e. The topological polar surface area (TPSA) is 150 Å². The van der Waals surface area contributed by atoms with Crippen LogP contribution in [0.15, 0.2) is 51.7 Å². The van der Waals surface area contributed by atoms with Crippen LogP contribution in [0.4, 0.5) is 11.6 Å². The van der Waals surface area contributed by atoms with Crippen molar-refractivity contribution in [2.75, 3.05) is 29.0 Å². The molecule has 13 heteroatoms. The molecule has 0 spiro atoms. The third kappa shape index (κ3) is 5.26. The normalized spacial score (nSPS) is 16.0. The Labute approximate surface area is 231 Å². The molecule has 1 unspecified atom stereocenters. The van der Waals surface area contributed by atoms with Gasteiger partial charge < -0.3 is 15.2 Å². The minimum absolute atomic E-state index is 0.00505. The molecule has 0 saturated carbocycles. The Kier molecular flexibility index (Phi) is 7.27. The van der Waals surface area contributed by atoms with Crippen LogP contribution in [-0.2, 0) is 30.2 Å². The van der Waals surface area contributed by atoms with E-state index >= 15 is 0 Å². The molecule has 12 nitrogen and oxygen atoms in total. The first-order valence-electron chi connectivity index (χ1n) is 13.1. The third-order valence-electron chi connectivity index (χ3n) is 7.13. The van der Waals surface area contributed by atoms with Crippen molar-refractivity contribution in [1.29, 1.82) is 0 Å². The van der Waals surface area contributed by atoms with Crippen molar-refractivity contribution in [2.24, 2.45) is 12.8 Å². The quantitative estimate of drug-likeness (QED) is 0.321. The van der Waals surface area contributed by atoms with Gasteiger partial charge in [-0.15, -0.1) is 0 Å². The zero-order valence-electron chi connectivity index (χ0n) is 23.1. The molecular weight excluding hydrogens is 532 g/mol. The van der Waals surface area contributed by atoms with Crippen LogP contribution in [0.25, 0.3) is 21.9 Å². The highest BCUT2D eigenvalue weighted by Gasteiger charge is 2.26. The summed E-state index contributed by atoms with van der Waals surface area (Å²) in [5.74, 6) is 0.618. The largest absolute Gasteiger partial charge is 0.341 e. The van der Waals surface area contributed by atoms with Gasteiger partial charge in [0.15, 0.2) is 11.2 Å². The number of aromatic nitrogens is 5. The molecule has 1 saturated heterocycles. The van der Waals surface area contributed by atoms with E-state index in [1.165, 1.54) is 10.8 Å². The molecule has 0 radical (unpaired) electrons. The fourth-order valence-electron chi connectivity index (χ4n) is 5.21. The van der Waals surface area contributed by atoms with Gasteiger partial charge in [-0.2, -0.15) is 4.98 Å². The number of hydrogen-bond donors (Lipinski definition) is 2. The maximum absolute atomic E-state index is 14.0. The number of aryl methyl sites for hydroxylation is 1. The molecule has 1 atom stereocenters. The molecule has 3 aromatic heterocycles. The van der Waals surface area contributed by atoms with Gasteiger partial charge in [0, 0.05) is 49.7 Å². The first kappa shape index (κ1) is 27.6. The highest BCUT2D eigenvalue weighted by molar-refractivity contribution is 7.92. The van der Waals surface area contributed by atoms with Crippen LogP contribution >= 0.6 is 0 Å². The number of piperidine rings is 1. The summed E-state index contributed by atoms with van der Waals surface area (Å²) in [5, 5.41) is 1.24. The van der Waals surface area contributed by atoms with E-state index < -0.39 is 21.3 Å². The summed E-state index contributed by atoms with van der Waals surface area (Å²) < 4.78 is 30.7. The second-order valence-corrected chi connectivity index (χ2v) is 12.3. The number of nitrogens with one attached hydrogen (secondary N) is 1. The number of pyridine rings is 1. The summed E-state index contributed by atoms with van der Waals surface area (Å²) in [5.41, 5.74) is 7.86. The predicted octanol–water partition coefficient (Wildman–Crippen LogP) is 1.76. The Morgan fingerprint density at radius 3 is 2.65 bits per heavy atom. The highest BCUT2D eigenvalue weighted by Crippen LogP contribution is 2.27. The van der Waals surface area contributed by atoms with Crippen LogP contribution in [0.3, 0.4) is 0 Å². The van der Waals surface area contributed by atoms with Crippen LogP contribution in [0.1, 0.15) is 32.4 Å². The van der Waals surface area contributed by atoms with Crippen LogP contribution in [-0.4, -0.2) is 57.5 Å². The molecule has 4 aromatic rings. The zero-order valence-corrected chi connectivity index (χ0v) is 23.9. The second-order valence-electron chi connectivity index (χ2n) is 10.6. The SMILES string of the molecule is CC(C)=CCn1c(N2CCCC(N)C2)nc2c1c(=O)n(Cc1nccc3c(NS(C)(=O)=O)cccc13)c(=O)n2C. The van der Waals surface area contributed by atoms with Gasteiger partial charge >= 0.3 is 5.69 Å². The maximum atomic E-state index is 14.0. The number of sulfonamides is 1. The number of rotatable bonds is 7. The van der Waals surface area contributed by atoms with Crippen LogP contribution in [0, 0.1) is 0 Å². The van der Waals surface area contributed by atoms with E-state index in [0.29, 0.717) is 52.4 Å². The van der Waals surface area contributed by atoms with Gasteiger partial charge in [0.05, 0.1) is 24.2 Å². The summed E-state index contributed by atoms with van der Waals surface area (Å²) in [6.07, 6.45) is 6.48. The number of imidazole rings is 1. The molecule has 0 aliphatic carbocycles. The Morgan fingerprint density at radius 2 is 1.95 bits per heavy atom. The van der Waals surface area contributed by atoms with Gasteiger partial charge in [0.2, 0.25) is 16.0 Å². The Bertz CT molecular complexity index is 1870. The molecule has 1 aliphatic rings. The average Bonchev–Trinajstić information content (AvgIpc) is 3.28. The van der Waals surface area contributed by atoms with Crippen molar-refractivity contribution in [3.05, 3.63) is 68.6 Å². The molecule has 1 fully saturated rings. The molecule has 3 N–H and O–H groups in total. The van der Waals surface area contributed by atoms with Gasteiger partial charge in [0.1, 0.15) is 0 Å². The van der Waals surface area contributed by atoms with Gasteiger partial charge in [0.25, 0.3) is 5.56 Å². The van der Waals surface area contributed by atoms with Gasteiger partial charge in [-0.05, 0) is 38.8 Å². The Hall–Kier alpha value is -3.97. The lowest BCUT2D eigenvalue weighted by Crippen LogP contribution is -2.44. The van der Waals surface area contributed by atoms with Crippen molar-refractivity contribution in [1.82, 2.24) is 23.7 Å². The molecule has 0 bridgehead atoms. The standard InChI is InChI=1S/C27H34N8O4S/c1-17(2)11-14-34-23-24(30-26(34)33-13-6-7-18(28)15-33)32(3)27(37)35(25(23)36)16-22-19-8-5-9-21(31-40(4,38)39)20(19)10-12-29-22/h5,8-12,18,31H,6-7,13-16,28H2,1-4H3. The van der Waals surface area contributed by atoms with Crippen molar-refractivity contribution < 1.29 is 8.42 Å². The van der Waals surface area contributed by atoms with Crippen LogP contribution in [0.5, 0.6) is 0 Å². The van der Waals surface area contributed by atoms with E-state index in [1.54, 1.807) is 31.3 Å². The number of hydrogen-bond acceptors (Lipinski definition) is 8. The van der Waals surface area contributed by atoms with E-state index in [2.05, 4.69) is 14.6 Å². The number of nitrogens with two attached hydrogens (primary N) is 1. The Morgan fingerprint density at radius 1 is 1.18 bits per heavy atom. The first-order chi connectivity index (χ1) is 18.9. The summed E-state index contributed by atoms with van der Waals surface area (Å²) in [4.78, 5) is 38.9. The van der Waals surface area contributed by atoms with E-state index in [0.717, 1.165) is 35.8 Å². The lowest BCUT2D eigenvalue weighted by molar-refractivity contribution is 0.495. The molecule has 4 heterocycles. The van der Waals surface area contributed by atoms with E-state index in [9.17, 15) is 18.0 Å². The summed E-state index contributed by atoms with van der Waals surface area (Å²) in [6.45, 7) is 5.67. The second kappa shape index (κ2) is 10.5. The van der Waals surface area contributed by atoms with E-state index in [-0.39, 0.29) is 12.6 Å². The molecule has 5 rings (SSSR count). The smallest absolute Gasteiger partial charge is 0.332 e. The van der Waals surface area contributed by atoms with E-state index in [4.69, 9.17) is 10.7 Å². The number of benzene rings is 1. The highest BCUT2D eigenvalue weighted by atomic mass is 32.2. The first-order valence-corrected chi connectivity index (χ1v) is 15.0. The third-order valence-corrected chi connectivity index (χ3v) is 7.72. The van der Waals surface area contributed by atoms with Crippen molar-refractivity contribution in [3.63, 3.8) is 0 Å². The van der Waals surface area contributed by atoms with E-state index in [1.807, 2.05) is 24.5 Å². The monoisotopic (exact) mass is 566 g/mol. The lowest BCUT2D eigenvalue weighted by Gasteiger charge is -2.31. The van der Waals surface area contributed by atoms with Gasteiger partial charge in [-0.1, -0.05) is 23.8 Å². The molecule has 212 valence electrons. The molecule has 0 amide bonds. The summed E-state index contributed by atoms with van der Waals surface area (Å²) in [6, 6.07) is 6.84. The van der Waals surface area contributed by atoms with Gasteiger partial charge in [-0.25, -0.2) is 13.2 Å². The Balaban J connectivity index is 1.69. The summed E-state index contributed by atoms with van der Waals surface area (Å²) in [7, 11) is -1.91. The fraction of sp³-hybridized carbons (Fsp3) is 0.407. The lowest BCUT2D eigenvalue weighted by atomic mass is 10.1. The molecular formula is C27H34N8O4S. The van der Waals surface area contributed by atoms with Crippen molar-refractivity contribution in [2.45, 2.75) is 45.8 Å². The van der Waals surface area contributed by atoms with Crippen molar-refractivity contribution >= 4 is 43.6 Å². The molecule has 1 aliphatic heterocycles.